The summed E-state index contributed by atoms with van der Waals surface area (Å²) in [6, 6.07) is 19.3. The molecule has 1 amide bonds. The first-order chi connectivity index (χ1) is 18.7. The Morgan fingerprint density at radius 1 is 1.03 bits per heavy atom. The summed E-state index contributed by atoms with van der Waals surface area (Å²) in [5.41, 5.74) is 5.82. The number of ether oxygens (including phenoxy) is 2. The first kappa shape index (κ1) is 24.3. The molecule has 38 heavy (non-hydrogen) atoms. The molecule has 0 radical (unpaired) electrons. The summed E-state index contributed by atoms with van der Waals surface area (Å²) >= 11 is 1.67. The van der Waals surface area contributed by atoms with E-state index in [0.717, 1.165) is 57.8 Å². The smallest absolute Gasteiger partial charge is 0.339 e. The number of anilines is 2. The van der Waals surface area contributed by atoms with Gasteiger partial charge in [0.15, 0.2) is 6.61 Å². The van der Waals surface area contributed by atoms with E-state index >= 15 is 0 Å². The summed E-state index contributed by atoms with van der Waals surface area (Å²) in [5.74, 6) is -0.888. The van der Waals surface area contributed by atoms with Gasteiger partial charge in [-0.25, -0.2) is 9.78 Å². The Kier molecular flexibility index (Phi) is 6.90. The minimum atomic E-state index is -0.505. The number of fused-ring (bicyclic) bond motifs is 2. The van der Waals surface area contributed by atoms with E-state index in [9.17, 15) is 9.59 Å². The standard InChI is InChI=1S/C30H27N3O4S/c34-27(31-21-8-10-22(11-9-21)33-13-15-36-16-14-33)19-37-30(35)28-24-5-1-2-6-26(24)32-29-20(7-12-25(28)29)18-23-4-3-17-38-23/h1-6,8-11,17-18H,7,12-16,19H2,(H,31,34)/b20-18+. The lowest BCUT2D eigenvalue weighted by Crippen LogP contribution is -2.36. The molecule has 4 aromatic rings. The van der Waals surface area contributed by atoms with E-state index in [1.165, 1.54) is 0 Å². The molecule has 0 bridgehead atoms. The summed E-state index contributed by atoms with van der Waals surface area (Å²) in [7, 11) is 0. The lowest BCUT2D eigenvalue weighted by atomic mass is 10.0. The molecular formula is C30H27N3O4S. The topological polar surface area (TPSA) is 80.8 Å². The third kappa shape index (κ3) is 5.05. The van der Waals surface area contributed by atoms with Crippen molar-refractivity contribution >= 4 is 57.1 Å². The molecule has 3 heterocycles. The number of amides is 1. The van der Waals surface area contributed by atoms with Crippen LogP contribution in [0.1, 0.15) is 32.9 Å². The fourth-order valence-corrected chi connectivity index (χ4v) is 5.72. The second-order valence-electron chi connectivity index (χ2n) is 9.29. The van der Waals surface area contributed by atoms with Gasteiger partial charge in [-0.3, -0.25) is 4.79 Å². The van der Waals surface area contributed by atoms with Gasteiger partial charge in [-0.05, 0) is 71.8 Å². The third-order valence-corrected chi connectivity index (χ3v) is 7.69. The molecule has 0 saturated carbocycles. The van der Waals surface area contributed by atoms with E-state index in [1.54, 1.807) is 11.3 Å². The maximum Gasteiger partial charge on any atom is 0.339 e. The highest BCUT2D eigenvalue weighted by atomic mass is 32.1. The van der Waals surface area contributed by atoms with Crippen LogP contribution in [-0.2, 0) is 20.7 Å². The van der Waals surface area contributed by atoms with E-state index in [-0.39, 0.29) is 12.5 Å². The molecule has 1 aliphatic heterocycles. The van der Waals surface area contributed by atoms with E-state index in [0.29, 0.717) is 30.9 Å². The van der Waals surface area contributed by atoms with Crippen molar-refractivity contribution in [1.82, 2.24) is 4.98 Å². The maximum absolute atomic E-state index is 13.4. The van der Waals surface area contributed by atoms with Crippen molar-refractivity contribution < 1.29 is 19.1 Å². The van der Waals surface area contributed by atoms with Crippen molar-refractivity contribution in [1.29, 1.82) is 0 Å². The molecular weight excluding hydrogens is 498 g/mol. The molecule has 2 aromatic heterocycles. The third-order valence-electron chi connectivity index (χ3n) is 6.87. The molecule has 0 atom stereocenters. The molecule has 1 aliphatic carbocycles. The van der Waals surface area contributed by atoms with Crippen LogP contribution < -0.4 is 10.2 Å². The predicted molar refractivity (Wildman–Crippen MR) is 151 cm³/mol. The number of pyridine rings is 1. The Labute approximate surface area is 224 Å². The highest BCUT2D eigenvalue weighted by Crippen LogP contribution is 2.38. The SMILES string of the molecule is O=C(COC(=O)c1c2c(nc3ccccc13)/C(=C/c1cccs1)CC2)Nc1ccc(N2CCOCC2)cc1. The van der Waals surface area contributed by atoms with Crippen molar-refractivity contribution in [3.05, 3.63) is 87.7 Å². The van der Waals surface area contributed by atoms with E-state index < -0.39 is 5.97 Å². The molecule has 1 saturated heterocycles. The van der Waals surface area contributed by atoms with Crippen molar-refractivity contribution in [3.8, 4) is 0 Å². The first-order valence-corrected chi connectivity index (χ1v) is 13.6. The van der Waals surface area contributed by atoms with Crippen molar-refractivity contribution in [3.63, 3.8) is 0 Å². The molecule has 1 N–H and O–H groups in total. The zero-order valence-corrected chi connectivity index (χ0v) is 21.6. The zero-order chi connectivity index (χ0) is 25.9. The van der Waals surface area contributed by atoms with Gasteiger partial charge >= 0.3 is 5.97 Å². The number of hydrogen-bond acceptors (Lipinski definition) is 7. The van der Waals surface area contributed by atoms with Gasteiger partial charge in [0.2, 0.25) is 0 Å². The Bertz CT molecular complexity index is 1510. The van der Waals surface area contributed by atoms with Crippen molar-refractivity contribution in [2.75, 3.05) is 43.1 Å². The Morgan fingerprint density at radius 3 is 2.63 bits per heavy atom. The number of allylic oxidation sites excluding steroid dienone is 1. The largest absolute Gasteiger partial charge is 0.452 e. The molecule has 2 aliphatic rings. The Balaban J connectivity index is 1.17. The number of morpholine rings is 1. The lowest BCUT2D eigenvalue weighted by Gasteiger charge is -2.28. The van der Waals surface area contributed by atoms with Crippen LogP contribution in [-0.4, -0.2) is 49.8 Å². The summed E-state index contributed by atoms with van der Waals surface area (Å²) in [4.78, 5) is 34.3. The van der Waals surface area contributed by atoms with Crippen LogP contribution in [0.15, 0.2) is 66.0 Å². The maximum atomic E-state index is 13.4. The van der Waals surface area contributed by atoms with Gasteiger partial charge in [0.1, 0.15) is 0 Å². The first-order valence-electron chi connectivity index (χ1n) is 12.7. The number of para-hydroxylation sites is 1. The molecule has 6 rings (SSSR count). The Morgan fingerprint density at radius 2 is 1.84 bits per heavy atom. The molecule has 0 spiro atoms. The number of esters is 1. The minimum Gasteiger partial charge on any atom is -0.452 e. The summed E-state index contributed by atoms with van der Waals surface area (Å²) in [6.07, 6.45) is 3.65. The predicted octanol–water partition coefficient (Wildman–Crippen LogP) is 5.42. The normalized spacial score (nSPS) is 16.0. The number of benzene rings is 2. The second-order valence-corrected chi connectivity index (χ2v) is 10.3. The monoisotopic (exact) mass is 525 g/mol. The number of nitrogens with one attached hydrogen (secondary N) is 1. The second kappa shape index (κ2) is 10.8. The van der Waals surface area contributed by atoms with Gasteiger partial charge in [-0.2, -0.15) is 0 Å². The molecule has 1 fully saturated rings. The Hall–Kier alpha value is -4.01. The molecule has 2 aromatic carbocycles. The number of aromatic nitrogens is 1. The van der Waals surface area contributed by atoms with E-state index in [2.05, 4.69) is 22.4 Å². The van der Waals surface area contributed by atoms with Crippen LogP contribution in [0.4, 0.5) is 11.4 Å². The van der Waals surface area contributed by atoms with Gasteiger partial charge in [0, 0.05) is 34.7 Å². The zero-order valence-electron chi connectivity index (χ0n) is 20.8. The number of thiophene rings is 1. The van der Waals surface area contributed by atoms with Gasteiger partial charge in [0.05, 0.1) is 30.0 Å². The van der Waals surface area contributed by atoms with Crippen LogP contribution in [0.25, 0.3) is 22.6 Å². The number of carbonyl (C=O) groups is 2. The minimum absolute atomic E-state index is 0.368. The van der Waals surface area contributed by atoms with Crippen LogP contribution in [0.3, 0.4) is 0 Å². The van der Waals surface area contributed by atoms with Gasteiger partial charge in [-0.1, -0.05) is 24.3 Å². The quantitative estimate of drug-likeness (QED) is 0.339. The van der Waals surface area contributed by atoms with E-state index in [1.807, 2.05) is 60.0 Å². The van der Waals surface area contributed by atoms with Crippen LogP contribution in [0.2, 0.25) is 0 Å². The summed E-state index contributed by atoms with van der Waals surface area (Å²) in [6.45, 7) is 2.76. The van der Waals surface area contributed by atoms with Crippen LogP contribution in [0.5, 0.6) is 0 Å². The van der Waals surface area contributed by atoms with Gasteiger partial charge in [-0.15, -0.1) is 11.3 Å². The van der Waals surface area contributed by atoms with Crippen molar-refractivity contribution in [2.24, 2.45) is 0 Å². The highest BCUT2D eigenvalue weighted by Gasteiger charge is 2.28. The number of carbonyl (C=O) groups excluding carboxylic acids is 2. The van der Waals surface area contributed by atoms with Gasteiger partial charge in [0.25, 0.3) is 5.91 Å². The fourth-order valence-electron chi connectivity index (χ4n) is 5.03. The highest BCUT2D eigenvalue weighted by molar-refractivity contribution is 7.10. The molecule has 192 valence electrons. The van der Waals surface area contributed by atoms with Crippen molar-refractivity contribution in [2.45, 2.75) is 12.8 Å². The van der Waals surface area contributed by atoms with Gasteiger partial charge < -0.3 is 19.7 Å². The summed E-state index contributed by atoms with van der Waals surface area (Å²) in [5, 5.41) is 5.61. The molecule has 0 unspecified atom stereocenters. The fraction of sp³-hybridized carbons (Fsp3) is 0.233. The average molecular weight is 526 g/mol. The number of hydrogen-bond donors (Lipinski definition) is 1. The molecule has 8 heteroatoms. The average Bonchev–Trinajstić information content (AvgIpc) is 3.62. The number of rotatable bonds is 6. The van der Waals surface area contributed by atoms with Crippen LogP contribution in [0, 0.1) is 0 Å². The lowest BCUT2D eigenvalue weighted by molar-refractivity contribution is -0.119. The summed E-state index contributed by atoms with van der Waals surface area (Å²) < 4.78 is 10.9. The molecule has 7 nitrogen and oxygen atoms in total. The van der Waals surface area contributed by atoms with Crippen LogP contribution >= 0.6 is 11.3 Å². The number of nitrogens with zero attached hydrogens (tertiary/aromatic N) is 2. The van der Waals surface area contributed by atoms with E-state index in [4.69, 9.17) is 14.5 Å².